The molecule has 0 N–H and O–H groups in total. The van der Waals surface area contributed by atoms with Crippen LogP contribution in [0.2, 0.25) is 0 Å². The first-order valence-corrected chi connectivity index (χ1v) is 13.6. The van der Waals surface area contributed by atoms with Crippen molar-refractivity contribution in [1.29, 1.82) is 0 Å². The largest absolute Gasteiger partial charge is 0.497 e. The minimum absolute atomic E-state index is 0.0594. The highest BCUT2D eigenvalue weighted by Crippen LogP contribution is 2.22. The number of ether oxygens (including phenoxy) is 4. The molecule has 3 aromatic rings. The molecule has 0 bridgehead atoms. The van der Waals surface area contributed by atoms with Gasteiger partial charge >= 0.3 is 12.2 Å². The van der Waals surface area contributed by atoms with E-state index in [1.807, 2.05) is 75.4 Å². The maximum absolute atomic E-state index is 13.2. The number of amides is 2. The number of aromatic nitrogens is 1. The molecule has 2 amide bonds. The Bertz CT molecular complexity index is 1180. The fraction of sp³-hybridized carbons (Fsp3) is 0.414. The molecule has 0 aliphatic heterocycles. The monoisotopic (exact) mass is 555 g/mol. The van der Waals surface area contributed by atoms with Crippen molar-refractivity contribution in [1.82, 2.24) is 14.8 Å². The van der Waals surface area contributed by atoms with Crippen molar-refractivity contribution in [3.63, 3.8) is 0 Å². The second-order valence-electron chi connectivity index (χ2n) is 9.85. The van der Waals surface area contributed by atoms with E-state index >= 15 is 0 Å². The average Bonchev–Trinajstić information content (AvgIpc) is 3.38. The third-order valence-electron chi connectivity index (χ3n) is 5.64. The smallest absolute Gasteiger partial charge is 0.410 e. The minimum atomic E-state index is -0.617. The van der Waals surface area contributed by atoms with Crippen LogP contribution in [0.15, 0.2) is 60.1 Å². The summed E-state index contributed by atoms with van der Waals surface area (Å²) in [5.41, 5.74) is 2.95. The van der Waals surface area contributed by atoms with E-state index in [2.05, 4.69) is 4.98 Å². The number of nitrogens with zero attached hydrogens (tertiary/aromatic N) is 3. The fourth-order valence-electron chi connectivity index (χ4n) is 3.74. The van der Waals surface area contributed by atoms with Gasteiger partial charge in [0.15, 0.2) is 0 Å². The lowest BCUT2D eigenvalue weighted by Gasteiger charge is -2.29. The summed E-state index contributed by atoms with van der Waals surface area (Å²) < 4.78 is 21.7. The lowest BCUT2D eigenvalue weighted by Crippen LogP contribution is -2.39. The van der Waals surface area contributed by atoms with E-state index in [9.17, 15) is 9.59 Å². The van der Waals surface area contributed by atoms with Crippen LogP contribution in [0.5, 0.6) is 11.6 Å². The number of rotatable bonds is 12. The summed E-state index contributed by atoms with van der Waals surface area (Å²) in [5, 5.41) is 0. The lowest BCUT2D eigenvalue weighted by atomic mass is 10.2. The molecule has 0 aliphatic carbocycles. The molecular formula is C29H37N3O6S. The Morgan fingerprint density at radius 2 is 1.46 bits per heavy atom. The summed E-state index contributed by atoms with van der Waals surface area (Å²) in [6.07, 6.45) is -0.331. The molecule has 9 nitrogen and oxygen atoms in total. The average molecular weight is 556 g/mol. The summed E-state index contributed by atoms with van der Waals surface area (Å²) in [7, 11) is 3.14. The predicted molar refractivity (Wildman–Crippen MR) is 150 cm³/mol. The van der Waals surface area contributed by atoms with Gasteiger partial charge in [0.2, 0.25) is 5.88 Å². The van der Waals surface area contributed by atoms with Crippen molar-refractivity contribution in [2.45, 2.75) is 52.5 Å². The predicted octanol–water partition coefficient (Wildman–Crippen LogP) is 6.13. The number of thiazole rings is 1. The van der Waals surface area contributed by atoms with Crippen LogP contribution in [0.3, 0.4) is 0 Å². The number of carbonyl (C=O) groups excluding carboxylic acids is 2. The van der Waals surface area contributed by atoms with Gasteiger partial charge in [-0.15, -0.1) is 11.3 Å². The highest BCUT2D eigenvalue weighted by molar-refractivity contribution is 7.09. The summed E-state index contributed by atoms with van der Waals surface area (Å²) in [6.45, 7) is 7.11. The van der Waals surface area contributed by atoms with Crippen LogP contribution in [0.4, 0.5) is 9.59 Å². The Balaban J connectivity index is 1.69. The molecule has 0 fully saturated rings. The van der Waals surface area contributed by atoms with E-state index < -0.39 is 17.8 Å². The van der Waals surface area contributed by atoms with Gasteiger partial charge in [-0.2, -0.15) is 0 Å². The zero-order valence-electron chi connectivity index (χ0n) is 23.2. The van der Waals surface area contributed by atoms with E-state index in [0.717, 1.165) is 21.8 Å². The molecule has 0 atom stereocenters. The van der Waals surface area contributed by atoms with Gasteiger partial charge < -0.3 is 28.7 Å². The Hall–Kier alpha value is -3.79. The Kier molecular flexibility index (Phi) is 11.0. The van der Waals surface area contributed by atoms with Gasteiger partial charge in [0, 0.05) is 26.2 Å². The zero-order chi connectivity index (χ0) is 28.3. The maximum atomic E-state index is 13.2. The number of hydrogen-bond donors (Lipinski definition) is 0. The van der Waals surface area contributed by atoms with Crippen molar-refractivity contribution in [3.05, 3.63) is 76.1 Å². The first kappa shape index (κ1) is 29.8. The molecule has 0 aliphatic rings. The van der Waals surface area contributed by atoms with Crippen molar-refractivity contribution in [2.24, 2.45) is 0 Å². The third-order valence-corrected chi connectivity index (χ3v) is 6.43. The van der Waals surface area contributed by atoms with Crippen molar-refractivity contribution >= 4 is 23.5 Å². The van der Waals surface area contributed by atoms with Gasteiger partial charge in [-0.05, 0) is 50.5 Å². The van der Waals surface area contributed by atoms with Crippen LogP contribution in [-0.2, 0) is 29.2 Å². The molecule has 2 aromatic carbocycles. The minimum Gasteiger partial charge on any atom is -0.497 e. The molecular weight excluding hydrogens is 518 g/mol. The van der Waals surface area contributed by atoms with Crippen molar-refractivity contribution < 1.29 is 28.5 Å². The molecule has 0 saturated carbocycles. The number of hydrogen-bond acceptors (Lipinski definition) is 8. The Labute approximate surface area is 234 Å². The second kappa shape index (κ2) is 14.4. The van der Waals surface area contributed by atoms with Crippen LogP contribution in [0.1, 0.15) is 43.2 Å². The van der Waals surface area contributed by atoms with E-state index in [4.69, 9.17) is 18.9 Å². The van der Waals surface area contributed by atoms with Crippen molar-refractivity contribution in [2.75, 3.05) is 27.3 Å². The fourth-order valence-corrected chi connectivity index (χ4v) is 4.38. The van der Waals surface area contributed by atoms with Gasteiger partial charge in [-0.25, -0.2) is 14.6 Å². The number of benzene rings is 2. The van der Waals surface area contributed by atoms with Crippen LogP contribution in [0, 0.1) is 0 Å². The normalized spacial score (nSPS) is 11.0. The highest BCUT2D eigenvalue weighted by atomic mass is 32.1. The van der Waals surface area contributed by atoms with Crippen LogP contribution in [0.25, 0.3) is 0 Å². The molecule has 39 heavy (non-hydrogen) atoms. The van der Waals surface area contributed by atoms with Gasteiger partial charge in [0.25, 0.3) is 0 Å². The first-order valence-electron chi connectivity index (χ1n) is 12.7. The summed E-state index contributed by atoms with van der Waals surface area (Å²) in [5.74, 6) is 1.18. The van der Waals surface area contributed by atoms with Crippen LogP contribution in [-0.4, -0.2) is 59.9 Å². The molecule has 0 unspecified atom stereocenters. The van der Waals surface area contributed by atoms with Gasteiger partial charge in [0.1, 0.15) is 22.8 Å². The molecule has 1 aromatic heterocycles. The van der Waals surface area contributed by atoms with Crippen LogP contribution >= 0.6 is 11.3 Å². The maximum Gasteiger partial charge on any atom is 0.410 e. The molecule has 10 heteroatoms. The van der Waals surface area contributed by atoms with E-state index in [-0.39, 0.29) is 6.61 Å². The van der Waals surface area contributed by atoms with Gasteiger partial charge in [-0.3, -0.25) is 0 Å². The van der Waals surface area contributed by atoms with E-state index in [0.29, 0.717) is 38.5 Å². The Morgan fingerprint density at radius 3 is 2.05 bits per heavy atom. The molecule has 0 saturated heterocycles. The van der Waals surface area contributed by atoms with Gasteiger partial charge in [0.05, 0.1) is 19.7 Å². The zero-order valence-corrected chi connectivity index (χ0v) is 24.0. The summed E-state index contributed by atoms with van der Waals surface area (Å²) in [6, 6.07) is 17.3. The van der Waals surface area contributed by atoms with Crippen molar-refractivity contribution in [3.8, 4) is 11.6 Å². The molecule has 210 valence electrons. The van der Waals surface area contributed by atoms with E-state index in [1.165, 1.54) is 18.4 Å². The highest BCUT2D eigenvalue weighted by Gasteiger charge is 2.23. The topological polar surface area (TPSA) is 90.4 Å². The third kappa shape index (κ3) is 9.79. The molecule has 1 heterocycles. The Morgan fingerprint density at radius 1 is 0.846 bits per heavy atom. The lowest BCUT2D eigenvalue weighted by molar-refractivity contribution is 0.0225. The summed E-state index contributed by atoms with van der Waals surface area (Å²) >= 11 is 1.36. The molecule has 3 rings (SSSR count). The summed E-state index contributed by atoms with van der Waals surface area (Å²) in [4.78, 5) is 34.3. The van der Waals surface area contributed by atoms with E-state index in [1.54, 1.807) is 22.4 Å². The number of methoxy groups -OCH3 is 2. The second-order valence-corrected chi connectivity index (χ2v) is 10.8. The standard InChI is InChI=1S/C29H37N3O6S/c1-29(2,3)38-28(34)32(18-22-10-7-6-8-11-22)17-9-16-31(19-23-12-14-24(35-4)15-13-23)27(33)37-20-25-26(36-5)30-21-39-25/h6-8,10-15,21H,9,16-20H2,1-5H3. The van der Waals surface area contributed by atoms with Crippen LogP contribution < -0.4 is 9.47 Å². The molecule has 0 radical (unpaired) electrons. The first-order chi connectivity index (χ1) is 18.7. The SMILES string of the molecule is COc1ccc(CN(CCCN(Cc2ccccc2)C(=O)OC(C)(C)C)C(=O)OCc2scnc2OC)cc1. The quantitative estimate of drug-likeness (QED) is 0.266. The molecule has 0 spiro atoms. The number of carbonyl (C=O) groups is 2. The van der Waals surface area contributed by atoms with Gasteiger partial charge in [-0.1, -0.05) is 42.5 Å².